The molecule has 0 aliphatic rings. The van der Waals surface area contributed by atoms with Crippen LogP contribution in [0, 0.1) is 0 Å². The third kappa shape index (κ3) is 2.93. The van der Waals surface area contributed by atoms with Crippen LogP contribution in [0.1, 0.15) is 18.9 Å². The van der Waals surface area contributed by atoms with Crippen molar-refractivity contribution < 1.29 is 5.11 Å². The zero-order chi connectivity index (χ0) is 8.97. The molecule has 0 bridgehead atoms. The molecule has 0 aliphatic heterocycles. The fraction of sp³-hybridized carbons (Fsp3) is 0.400. The van der Waals surface area contributed by atoms with E-state index in [2.05, 4.69) is 0 Å². The predicted octanol–water partition coefficient (Wildman–Crippen LogP) is 1.58. The zero-order valence-corrected chi connectivity index (χ0v) is 7.33. The molecule has 1 unspecified atom stereocenters. The molecule has 0 spiro atoms. The Hall–Kier alpha value is -1.02. The molecular weight excluding hydrogens is 150 g/mol. The van der Waals surface area contributed by atoms with E-state index in [0.717, 1.165) is 18.5 Å². The van der Waals surface area contributed by atoms with Gasteiger partial charge in [0, 0.05) is 5.69 Å². The van der Waals surface area contributed by atoms with Crippen LogP contribution in [0.15, 0.2) is 24.3 Å². The Bertz CT molecular complexity index is 228. The molecule has 66 valence electrons. The molecule has 0 aliphatic carbocycles. The molecule has 1 aromatic rings. The average Bonchev–Trinajstić information content (AvgIpc) is 2.03. The van der Waals surface area contributed by atoms with Crippen molar-refractivity contribution in [3.8, 4) is 0 Å². The Morgan fingerprint density at radius 1 is 1.33 bits per heavy atom. The van der Waals surface area contributed by atoms with Gasteiger partial charge in [0.15, 0.2) is 0 Å². The zero-order valence-electron chi connectivity index (χ0n) is 7.33. The average molecular weight is 165 g/mol. The van der Waals surface area contributed by atoms with Crippen molar-refractivity contribution in [2.75, 3.05) is 5.73 Å². The summed E-state index contributed by atoms with van der Waals surface area (Å²) in [5.41, 5.74) is 7.55. The van der Waals surface area contributed by atoms with Gasteiger partial charge in [0.1, 0.15) is 0 Å². The van der Waals surface area contributed by atoms with Crippen molar-refractivity contribution >= 4 is 5.69 Å². The molecule has 1 atom stereocenters. The van der Waals surface area contributed by atoms with Crippen LogP contribution in [0.3, 0.4) is 0 Å². The predicted molar refractivity (Wildman–Crippen MR) is 50.9 cm³/mol. The molecular formula is C10H15NO. The fourth-order valence-corrected chi connectivity index (χ4v) is 1.06. The number of anilines is 1. The van der Waals surface area contributed by atoms with Gasteiger partial charge in [-0.15, -0.1) is 0 Å². The largest absolute Gasteiger partial charge is 0.399 e. The number of benzene rings is 1. The van der Waals surface area contributed by atoms with Crippen LogP contribution < -0.4 is 5.73 Å². The second kappa shape index (κ2) is 4.12. The van der Waals surface area contributed by atoms with E-state index in [4.69, 9.17) is 10.8 Å². The minimum Gasteiger partial charge on any atom is -0.399 e. The standard InChI is InChI=1S/C10H15NO/c1-8(12)2-3-9-4-6-10(11)7-5-9/h4-8,12H,2-3,11H2,1H3. The number of nitrogen functional groups attached to an aromatic ring is 1. The summed E-state index contributed by atoms with van der Waals surface area (Å²) in [5, 5.41) is 9.04. The van der Waals surface area contributed by atoms with Crippen LogP contribution in [0.4, 0.5) is 5.69 Å². The lowest BCUT2D eigenvalue weighted by molar-refractivity contribution is 0.185. The Morgan fingerprint density at radius 3 is 2.42 bits per heavy atom. The van der Waals surface area contributed by atoms with Gasteiger partial charge < -0.3 is 10.8 Å². The van der Waals surface area contributed by atoms with Crippen LogP contribution in [-0.4, -0.2) is 11.2 Å². The lowest BCUT2D eigenvalue weighted by Gasteiger charge is -2.03. The molecule has 0 fully saturated rings. The molecule has 12 heavy (non-hydrogen) atoms. The molecule has 0 amide bonds. The first-order valence-corrected chi connectivity index (χ1v) is 4.21. The molecule has 0 aromatic heterocycles. The molecule has 0 heterocycles. The Morgan fingerprint density at radius 2 is 1.92 bits per heavy atom. The summed E-state index contributed by atoms with van der Waals surface area (Å²) < 4.78 is 0. The first-order valence-electron chi connectivity index (χ1n) is 4.21. The molecule has 3 N–H and O–H groups in total. The number of nitrogens with two attached hydrogens (primary N) is 1. The van der Waals surface area contributed by atoms with Gasteiger partial charge in [0.05, 0.1) is 6.10 Å². The molecule has 0 radical (unpaired) electrons. The van der Waals surface area contributed by atoms with E-state index in [1.54, 1.807) is 6.92 Å². The van der Waals surface area contributed by atoms with Crippen LogP contribution in [-0.2, 0) is 6.42 Å². The summed E-state index contributed by atoms with van der Waals surface area (Å²) >= 11 is 0. The van der Waals surface area contributed by atoms with Gasteiger partial charge in [-0.05, 0) is 37.5 Å². The number of aliphatic hydroxyl groups excluding tert-OH is 1. The van der Waals surface area contributed by atoms with Gasteiger partial charge in [0.2, 0.25) is 0 Å². The van der Waals surface area contributed by atoms with Crippen LogP contribution in [0.2, 0.25) is 0 Å². The highest BCUT2D eigenvalue weighted by Crippen LogP contribution is 2.08. The highest BCUT2D eigenvalue weighted by atomic mass is 16.3. The van der Waals surface area contributed by atoms with E-state index in [0.29, 0.717) is 0 Å². The van der Waals surface area contributed by atoms with Gasteiger partial charge in [-0.2, -0.15) is 0 Å². The van der Waals surface area contributed by atoms with Crippen molar-refractivity contribution in [3.63, 3.8) is 0 Å². The van der Waals surface area contributed by atoms with Crippen molar-refractivity contribution in [2.24, 2.45) is 0 Å². The highest BCUT2D eigenvalue weighted by molar-refractivity contribution is 5.39. The number of hydrogen-bond donors (Lipinski definition) is 2. The highest BCUT2D eigenvalue weighted by Gasteiger charge is 1.96. The Balaban J connectivity index is 2.48. The van der Waals surface area contributed by atoms with E-state index in [1.807, 2.05) is 24.3 Å². The van der Waals surface area contributed by atoms with Gasteiger partial charge >= 0.3 is 0 Å². The summed E-state index contributed by atoms with van der Waals surface area (Å²) in [6.45, 7) is 1.80. The number of rotatable bonds is 3. The first-order chi connectivity index (χ1) is 5.68. The minimum absolute atomic E-state index is 0.220. The number of aryl methyl sites for hydroxylation is 1. The molecule has 1 aromatic carbocycles. The molecule has 1 rings (SSSR count). The SMILES string of the molecule is CC(O)CCc1ccc(N)cc1. The van der Waals surface area contributed by atoms with E-state index in [1.165, 1.54) is 5.56 Å². The van der Waals surface area contributed by atoms with Gasteiger partial charge in [0.25, 0.3) is 0 Å². The van der Waals surface area contributed by atoms with E-state index in [9.17, 15) is 0 Å². The van der Waals surface area contributed by atoms with Crippen molar-refractivity contribution in [1.82, 2.24) is 0 Å². The number of aliphatic hydroxyl groups is 1. The van der Waals surface area contributed by atoms with E-state index >= 15 is 0 Å². The molecule has 2 nitrogen and oxygen atoms in total. The summed E-state index contributed by atoms with van der Waals surface area (Å²) in [7, 11) is 0. The molecule has 2 heteroatoms. The fourth-order valence-electron chi connectivity index (χ4n) is 1.06. The summed E-state index contributed by atoms with van der Waals surface area (Å²) in [6.07, 6.45) is 1.50. The smallest absolute Gasteiger partial charge is 0.0515 e. The summed E-state index contributed by atoms with van der Waals surface area (Å²) in [5.74, 6) is 0. The Kier molecular flexibility index (Phi) is 3.11. The Labute approximate surface area is 73.0 Å². The van der Waals surface area contributed by atoms with E-state index < -0.39 is 0 Å². The second-order valence-electron chi connectivity index (χ2n) is 3.13. The van der Waals surface area contributed by atoms with Crippen molar-refractivity contribution in [2.45, 2.75) is 25.9 Å². The third-order valence-electron chi connectivity index (χ3n) is 1.83. The maximum Gasteiger partial charge on any atom is 0.0515 e. The number of hydrogen-bond acceptors (Lipinski definition) is 2. The van der Waals surface area contributed by atoms with Gasteiger partial charge in [-0.1, -0.05) is 12.1 Å². The second-order valence-corrected chi connectivity index (χ2v) is 3.13. The van der Waals surface area contributed by atoms with Gasteiger partial charge in [-0.25, -0.2) is 0 Å². The van der Waals surface area contributed by atoms with Crippen LogP contribution >= 0.6 is 0 Å². The molecule has 0 saturated carbocycles. The normalized spacial score (nSPS) is 12.8. The third-order valence-corrected chi connectivity index (χ3v) is 1.83. The lowest BCUT2D eigenvalue weighted by atomic mass is 10.1. The quantitative estimate of drug-likeness (QED) is 0.668. The summed E-state index contributed by atoms with van der Waals surface area (Å²) in [4.78, 5) is 0. The van der Waals surface area contributed by atoms with Crippen molar-refractivity contribution in [3.05, 3.63) is 29.8 Å². The first kappa shape index (κ1) is 9.07. The minimum atomic E-state index is -0.220. The maximum absolute atomic E-state index is 9.04. The van der Waals surface area contributed by atoms with Crippen LogP contribution in [0.25, 0.3) is 0 Å². The maximum atomic E-state index is 9.04. The van der Waals surface area contributed by atoms with Gasteiger partial charge in [-0.3, -0.25) is 0 Å². The van der Waals surface area contributed by atoms with Crippen LogP contribution in [0.5, 0.6) is 0 Å². The molecule has 0 saturated heterocycles. The topological polar surface area (TPSA) is 46.2 Å². The lowest BCUT2D eigenvalue weighted by Crippen LogP contribution is -2.01. The van der Waals surface area contributed by atoms with Crippen molar-refractivity contribution in [1.29, 1.82) is 0 Å². The monoisotopic (exact) mass is 165 g/mol. The summed E-state index contributed by atoms with van der Waals surface area (Å²) in [6, 6.07) is 7.77. The van der Waals surface area contributed by atoms with E-state index in [-0.39, 0.29) is 6.10 Å².